The molecule has 0 aromatic heterocycles. The van der Waals surface area contributed by atoms with Crippen LogP contribution < -0.4 is 0 Å². The van der Waals surface area contributed by atoms with Crippen LogP contribution in [0.5, 0.6) is 0 Å². The molecule has 0 aliphatic carbocycles. The topological polar surface area (TPSA) is 0 Å². The molecule has 0 spiro atoms. The van der Waals surface area contributed by atoms with E-state index in [1.54, 1.807) is 6.07 Å². The summed E-state index contributed by atoms with van der Waals surface area (Å²) in [6, 6.07) is 5.25. The van der Waals surface area contributed by atoms with E-state index in [1.807, 2.05) is 0 Å². The molecule has 0 bridgehead atoms. The number of alkyl halides is 5. The second-order valence-corrected chi connectivity index (χ2v) is 4.19. The molecule has 0 saturated carbocycles. The largest absolute Gasteiger partial charge is 0.416 e. The van der Waals surface area contributed by atoms with E-state index in [0.29, 0.717) is 23.7 Å². The second kappa shape index (κ2) is 5.78. The zero-order valence-electron chi connectivity index (χ0n) is 8.40. The van der Waals surface area contributed by atoms with Crippen molar-refractivity contribution in [3.8, 4) is 0 Å². The van der Waals surface area contributed by atoms with E-state index in [9.17, 15) is 13.2 Å². The average Bonchev–Trinajstić information content (AvgIpc) is 2.25. The minimum absolute atomic E-state index is 0.00631. The highest BCUT2D eigenvalue weighted by atomic mass is 35.5. The highest BCUT2D eigenvalue weighted by molar-refractivity contribution is 6.20. The van der Waals surface area contributed by atoms with Crippen molar-refractivity contribution in [1.82, 2.24) is 0 Å². The van der Waals surface area contributed by atoms with Crippen LogP contribution in [0, 0.1) is 5.92 Å². The van der Waals surface area contributed by atoms with Gasteiger partial charge in [0.25, 0.3) is 0 Å². The summed E-state index contributed by atoms with van der Waals surface area (Å²) in [5.74, 6) is 0.700. The Hall–Kier alpha value is -0.410. The molecule has 5 heteroatoms. The first-order chi connectivity index (χ1) is 7.47. The van der Waals surface area contributed by atoms with Crippen molar-refractivity contribution in [2.75, 3.05) is 11.8 Å². The molecule has 1 aromatic rings. The van der Waals surface area contributed by atoms with Crippen molar-refractivity contribution >= 4 is 23.2 Å². The predicted molar refractivity (Wildman–Crippen MR) is 60.1 cm³/mol. The third kappa shape index (κ3) is 3.87. The summed E-state index contributed by atoms with van der Waals surface area (Å²) in [5.41, 5.74) is -0.0194. The third-order valence-electron chi connectivity index (χ3n) is 2.22. The highest BCUT2D eigenvalue weighted by Crippen LogP contribution is 2.30. The lowest BCUT2D eigenvalue weighted by Crippen LogP contribution is -2.10. The minimum Gasteiger partial charge on any atom is -0.166 e. The Morgan fingerprint density at radius 2 is 1.75 bits per heavy atom. The molecular formula is C11H11Cl2F3. The fourth-order valence-electron chi connectivity index (χ4n) is 1.36. The Bertz CT molecular complexity index is 332. The quantitative estimate of drug-likeness (QED) is 0.714. The molecule has 16 heavy (non-hydrogen) atoms. The molecule has 1 rings (SSSR count). The first kappa shape index (κ1) is 13.7. The molecule has 0 N–H and O–H groups in total. The number of benzene rings is 1. The van der Waals surface area contributed by atoms with Gasteiger partial charge in [-0.15, -0.1) is 23.2 Å². The van der Waals surface area contributed by atoms with Crippen LogP contribution in [0.15, 0.2) is 24.3 Å². The zero-order chi connectivity index (χ0) is 12.2. The average molecular weight is 271 g/mol. The van der Waals surface area contributed by atoms with Gasteiger partial charge in [0.15, 0.2) is 0 Å². The van der Waals surface area contributed by atoms with Gasteiger partial charge in [-0.25, -0.2) is 0 Å². The zero-order valence-corrected chi connectivity index (χ0v) is 9.91. The third-order valence-corrected chi connectivity index (χ3v) is 3.09. The Kier molecular flexibility index (Phi) is 4.93. The molecule has 0 heterocycles. The summed E-state index contributed by atoms with van der Waals surface area (Å²) < 4.78 is 37.3. The Morgan fingerprint density at radius 1 is 1.12 bits per heavy atom. The fourth-order valence-corrected chi connectivity index (χ4v) is 1.91. The van der Waals surface area contributed by atoms with Crippen LogP contribution >= 0.6 is 23.2 Å². The van der Waals surface area contributed by atoms with Crippen LogP contribution in [-0.2, 0) is 12.6 Å². The van der Waals surface area contributed by atoms with Gasteiger partial charge in [-0.05, 0) is 24.0 Å². The van der Waals surface area contributed by atoms with E-state index in [1.165, 1.54) is 6.07 Å². The van der Waals surface area contributed by atoms with Gasteiger partial charge in [0.05, 0.1) is 5.56 Å². The molecular weight excluding hydrogens is 260 g/mol. The maximum Gasteiger partial charge on any atom is 0.416 e. The first-order valence-corrected chi connectivity index (χ1v) is 5.82. The van der Waals surface area contributed by atoms with Crippen molar-refractivity contribution in [3.05, 3.63) is 35.4 Å². The number of hydrogen-bond acceptors (Lipinski definition) is 0. The monoisotopic (exact) mass is 270 g/mol. The van der Waals surface area contributed by atoms with Crippen molar-refractivity contribution in [2.45, 2.75) is 12.6 Å². The summed E-state index contributed by atoms with van der Waals surface area (Å²) in [6.07, 6.45) is -3.83. The van der Waals surface area contributed by atoms with Crippen molar-refractivity contribution in [2.24, 2.45) is 5.92 Å². The molecule has 0 aliphatic rings. The van der Waals surface area contributed by atoms with Gasteiger partial charge in [-0.2, -0.15) is 13.2 Å². The van der Waals surface area contributed by atoms with Gasteiger partial charge < -0.3 is 0 Å². The number of hydrogen-bond donors (Lipinski definition) is 0. The minimum atomic E-state index is -4.30. The van der Waals surface area contributed by atoms with Gasteiger partial charge in [0.2, 0.25) is 0 Å². The van der Waals surface area contributed by atoms with Gasteiger partial charge in [-0.3, -0.25) is 0 Å². The molecule has 1 aromatic carbocycles. The van der Waals surface area contributed by atoms with Crippen LogP contribution in [0.25, 0.3) is 0 Å². The number of halogens is 5. The standard InChI is InChI=1S/C11H11Cl2F3/c12-6-9(7-13)4-8-2-1-3-10(5-8)11(14,15)16/h1-3,5,9H,4,6-7H2. The molecule has 0 saturated heterocycles. The van der Waals surface area contributed by atoms with Gasteiger partial charge in [-0.1, -0.05) is 18.2 Å². The summed E-state index contributed by atoms with van der Waals surface area (Å²) >= 11 is 11.3. The van der Waals surface area contributed by atoms with Gasteiger partial charge in [0.1, 0.15) is 0 Å². The van der Waals surface area contributed by atoms with Crippen LogP contribution in [0.1, 0.15) is 11.1 Å². The first-order valence-electron chi connectivity index (χ1n) is 4.75. The summed E-state index contributed by atoms with van der Waals surface area (Å²) in [6.45, 7) is 0. The van der Waals surface area contributed by atoms with Crippen molar-refractivity contribution in [1.29, 1.82) is 0 Å². The fraction of sp³-hybridized carbons (Fsp3) is 0.455. The summed E-state index contributed by atoms with van der Waals surface area (Å²) in [4.78, 5) is 0. The molecule has 0 radical (unpaired) electrons. The van der Waals surface area contributed by atoms with Crippen LogP contribution in [0.2, 0.25) is 0 Å². The SMILES string of the molecule is FC(F)(F)c1cccc(CC(CCl)CCl)c1. The van der Waals surface area contributed by atoms with Crippen LogP contribution in [0.4, 0.5) is 13.2 Å². The van der Waals surface area contributed by atoms with Crippen molar-refractivity contribution in [3.63, 3.8) is 0 Å². The predicted octanol–water partition coefficient (Wildman–Crippen LogP) is 4.34. The maximum atomic E-state index is 12.4. The number of rotatable bonds is 4. The van der Waals surface area contributed by atoms with Crippen LogP contribution in [0.3, 0.4) is 0 Å². The van der Waals surface area contributed by atoms with E-state index >= 15 is 0 Å². The van der Waals surface area contributed by atoms with Crippen molar-refractivity contribution < 1.29 is 13.2 Å². The highest BCUT2D eigenvalue weighted by Gasteiger charge is 2.30. The molecule has 90 valence electrons. The van der Waals surface area contributed by atoms with E-state index in [4.69, 9.17) is 23.2 Å². The van der Waals surface area contributed by atoms with E-state index < -0.39 is 11.7 Å². The van der Waals surface area contributed by atoms with E-state index in [0.717, 1.165) is 12.1 Å². The lowest BCUT2D eigenvalue weighted by Gasteiger charge is -2.12. The molecule has 0 aliphatic heterocycles. The Balaban J connectivity index is 2.82. The second-order valence-electron chi connectivity index (χ2n) is 3.58. The molecule has 0 nitrogen and oxygen atoms in total. The summed E-state index contributed by atoms with van der Waals surface area (Å²) in [7, 11) is 0. The summed E-state index contributed by atoms with van der Waals surface area (Å²) in [5, 5.41) is 0. The normalized spacial score (nSPS) is 12.1. The van der Waals surface area contributed by atoms with Gasteiger partial charge in [0, 0.05) is 11.8 Å². The maximum absolute atomic E-state index is 12.4. The van der Waals surface area contributed by atoms with Gasteiger partial charge >= 0.3 is 6.18 Å². The lowest BCUT2D eigenvalue weighted by atomic mass is 10.0. The molecule has 0 atom stereocenters. The molecule has 0 unspecified atom stereocenters. The van der Waals surface area contributed by atoms with E-state index in [2.05, 4.69) is 0 Å². The molecule has 0 fully saturated rings. The Morgan fingerprint density at radius 3 is 2.25 bits per heavy atom. The Labute approximate surface area is 102 Å². The molecule has 0 amide bonds. The van der Waals surface area contributed by atoms with E-state index in [-0.39, 0.29) is 5.92 Å². The van der Waals surface area contributed by atoms with Crippen LogP contribution in [-0.4, -0.2) is 11.8 Å². The smallest absolute Gasteiger partial charge is 0.166 e. The lowest BCUT2D eigenvalue weighted by molar-refractivity contribution is -0.137.